The van der Waals surface area contributed by atoms with Crippen molar-refractivity contribution >= 4 is 37.8 Å². The molecule has 1 rings (SSSR count). The molecule has 19 heavy (non-hydrogen) atoms. The van der Waals surface area contributed by atoms with Crippen molar-refractivity contribution in [3.8, 4) is 5.75 Å². The van der Waals surface area contributed by atoms with Crippen LogP contribution in [0, 0.1) is 0 Å². The van der Waals surface area contributed by atoms with Gasteiger partial charge in [0.15, 0.2) is 6.61 Å². The Labute approximate surface area is 130 Å². The van der Waals surface area contributed by atoms with Crippen molar-refractivity contribution in [2.24, 2.45) is 5.73 Å². The number of carbonyl (C=O) groups excluding carboxylic acids is 1. The van der Waals surface area contributed by atoms with Crippen molar-refractivity contribution in [2.45, 2.75) is 26.4 Å². The molecule has 0 fully saturated rings. The molecule has 0 bridgehead atoms. The minimum atomic E-state index is -0.0586. The summed E-state index contributed by atoms with van der Waals surface area (Å²) < 4.78 is 7.13. The highest BCUT2D eigenvalue weighted by Gasteiger charge is 2.15. The summed E-state index contributed by atoms with van der Waals surface area (Å²) >= 11 is 6.84. The molecule has 2 N–H and O–H groups in total. The number of rotatable bonds is 5. The standard InChI is InChI=1S/C13H18Br2N2O2/c1-8(2)17(3)12(18)7-19-13-10(14)4-9(6-16)5-11(13)15/h4-5,8H,6-7,16H2,1-3H3. The lowest BCUT2D eigenvalue weighted by molar-refractivity contribution is -0.133. The van der Waals surface area contributed by atoms with Gasteiger partial charge in [0, 0.05) is 19.6 Å². The lowest BCUT2D eigenvalue weighted by atomic mass is 10.2. The van der Waals surface area contributed by atoms with Gasteiger partial charge in [0.2, 0.25) is 0 Å². The van der Waals surface area contributed by atoms with E-state index in [2.05, 4.69) is 31.9 Å². The molecule has 0 aliphatic rings. The van der Waals surface area contributed by atoms with Crippen LogP contribution in [0.3, 0.4) is 0 Å². The van der Waals surface area contributed by atoms with Crippen LogP contribution in [0.2, 0.25) is 0 Å². The average Bonchev–Trinajstić information content (AvgIpc) is 2.35. The molecule has 0 spiro atoms. The van der Waals surface area contributed by atoms with Crippen molar-refractivity contribution in [3.63, 3.8) is 0 Å². The van der Waals surface area contributed by atoms with Gasteiger partial charge in [-0.3, -0.25) is 4.79 Å². The van der Waals surface area contributed by atoms with E-state index < -0.39 is 0 Å². The number of halogens is 2. The predicted octanol–water partition coefficient (Wildman–Crippen LogP) is 2.92. The van der Waals surface area contributed by atoms with E-state index in [4.69, 9.17) is 10.5 Å². The number of likely N-dealkylation sites (N-methyl/N-ethyl adjacent to an activating group) is 1. The molecule has 4 nitrogen and oxygen atoms in total. The number of carbonyl (C=O) groups is 1. The largest absolute Gasteiger partial charge is 0.481 e. The maximum atomic E-state index is 11.9. The van der Waals surface area contributed by atoms with Crippen LogP contribution in [0.5, 0.6) is 5.75 Å². The van der Waals surface area contributed by atoms with E-state index in [0.29, 0.717) is 12.3 Å². The maximum Gasteiger partial charge on any atom is 0.260 e. The van der Waals surface area contributed by atoms with Crippen LogP contribution in [-0.4, -0.2) is 30.5 Å². The van der Waals surface area contributed by atoms with Crippen molar-refractivity contribution in [2.75, 3.05) is 13.7 Å². The normalized spacial score (nSPS) is 10.7. The van der Waals surface area contributed by atoms with Gasteiger partial charge in [-0.25, -0.2) is 0 Å². The second-order valence-corrected chi connectivity index (χ2v) is 6.19. The summed E-state index contributed by atoms with van der Waals surface area (Å²) in [5.74, 6) is 0.555. The predicted molar refractivity (Wildman–Crippen MR) is 83.1 cm³/mol. The first-order valence-corrected chi connectivity index (χ1v) is 7.51. The smallest absolute Gasteiger partial charge is 0.260 e. The fourth-order valence-electron chi connectivity index (χ4n) is 1.39. The van der Waals surface area contributed by atoms with Crippen molar-refractivity contribution in [1.29, 1.82) is 0 Å². The number of ether oxygens (including phenoxy) is 1. The Morgan fingerprint density at radius 3 is 2.32 bits per heavy atom. The summed E-state index contributed by atoms with van der Waals surface area (Å²) in [6.07, 6.45) is 0. The molecule has 0 aliphatic carbocycles. The second kappa shape index (κ2) is 7.26. The van der Waals surface area contributed by atoms with Gasteiger partial charge in [-0.15, -0.1) is 0 Å². The van der Waals surface area contributed by atoms with Crippen LogP contribution >= 0.6 is 31.9 Å². The van der Waals surface area contributed by atoms with Crippen molar-refractivity contribution < 1.29 is 9.53 Å². The zero-order valence-electron chi connectivity index (χ0n) is 11.2. The topological polar surface area (TPSA) is 55.6 Å². The first-order valence-electron chi connectivity index (χ1n) is 5.93. The van der Waals surface area contributed by atoms with Crippen LogP contribution in [-0.2, 0) is 11.3 Å². The van der Waals surface area contributed by atoms with Crippen molar-refractivity contribution in [3.05, 3.63) is 26.6 Å². The number of hydrogen-bond donors (Lipinski definition) is 1. The lowest BCUT2D eigenvalue weighted by Gasteiger charge is -2.21. The third kappa shape index (κ3) is 4.47. The van der Waals surface area contributed by atoms with Crippen LogP contribution in [0.1, 0.15) is 19.4 Å². The van der Waals surface area contributed by atoms with Gasteiger partial charge >= 0.3 is 0 Å². The molecule has 1 aromatic rings. The molecule has 1 aromatic carbocycles. The van der Waals surface area contributed by atoms with Crippen LogP contribution in [0.25, 0.3) is 0 Å². The Morgan fingerprint density at radius 1 is 1.37 bits per heavy atom. The fourth-order valence-corrected chi connectivity index (χ4v) is 2.90. The SMILES string of the molecule is CC(C)N(C)C(=O)COc1c(Br)cc(CN)cc1Br. The summed E-state index contributed by atoms with van der Waals surface area (Å²) in [4.78, 5) is 13.5. The Morgan fingerprint density at radius 2 is 1.89 bits per heavy atom. The third-order valence-corrected chi connectivity index (χ3v) is 3.98. The van der Waals surface area contributed by atoms with E-state index >= 15 is 0 Å². The molecule has 0 unspecified atom stereocenters. The van der Waals surface area contributed by atoms with Gasteiger partial charge < -0.3 is 15.4 Å². The molecule has 0 saturated heterocycles. The third-order valence-electron chi connectivity index (χ3n) is 2.80. The van der Waals surface area contributed by atoms with Crippen LogP contribution in [0.15, 0.2) is 21.1 Å². The maximum absolute atomic E-state index is 11.9. The minimum Gasteiger partial charge on any atom is -0.481 e. The molecule has 6 heteroatoms. The van der Waals surface area contributed by atoms with E-state index in [0.717, 1.165) is 14.5 Å². The van der Waals surface area contributed by atoms with Gasteiger partial charge in [0.25, 0.3) is 5.91 Å². The van der Waals surface area contributed by atoms with E-state index in [1.165, 1.54) is 0 Å². The van der Waals surface area contributed by atoms with E-state index in [9.17, 15) is 4.79 Å². The molecule has 0 saturated carbocycles. The summed E-state index contributed by atoms with van der Waals surface area (Å²) in [5.41, 5.74) is 6.57. The number of nitrogens with zero attached hydrogens (tertiary/aromatic N) is 1. The zero-order valence-corrected chi connectivity index (χ0v) is 14.4. The van der Waals surface area contributed by atoms with Gasteiger partial charge in [-0.05, 0) is 63.4 Å². The fraction of sp³-hybridized carbons (Fsp3) is 0.462. The first-order chi connectivity index (χ1) is 8.86. The Hall–Kier alpha value is -0.590. The monoisotopic (exact) mass is 392 g/mol. The number of amides is 1. The number of benzene rings is 1. The molecule has 0 aliphatic heterocycles. The summed E-state index contributed by atoms with van der Waals surface area (Å²) in [5, 5.41) is 0. The molecule has 0 radical (unpaired) electrons. The van der Waals surface area contributed by atoms with E-state index in [1.807, 2.05) is 26.0 Å². The Balaban J connectivity index is 2.76. The molecule has 1 amide bonds. The highest BCUT2D eigenvalue weighted by molar-refractivity contribution is 9.11. The molecule has 0 heterocycles. The summed E-state index contributed by atoms with van der Waals surface area (Å²) in [6, 6.07) is 3.93. The number of hydrogen-bond acceptors (Lipinski definition) is 3. The second-order valence-electron chi connectivity index (χ2n) is 4.48. The molecular formula is C13H18Br2N2O2. The molecule has 0 atom stereocenters. The Bertz CT molecular complexity index is 441. The van der Waals surface area contributed by atoms with Gasteiger partial charge in [-0.1, -0.05) is 0 Å². The highest BCUT2D eigenvalue weighted by atomic mass is 79.9. The number of nitrogens with two attached hydrogens (primary N) is 1. The van der Waals surface area contributed by atoms with Gasteiger partial charge in [-0.2, -0.15) is 0 Å². The molecule has 106 valence electrons. The minimum absolute atomic E-state index is 0.00779. The van der Waals surface area contributed by atoms with Crippen LogP contribution < -0.4 is 10.5 Å². The van der Waals surface area contributed by atoms with Gasteiger partial charge in [0.05, 0.1) is 8.95 Å². The van der Waals surface area contributed by atoms with E-state index in [-0.39, 0.29) is 18.6 Å². The molecule has 0 aromatic heterocycles. The molecular weight excluding hydrogens is 376 g/mol. The van der Waals surface area contributed by atoms with Crippen LogP contribution in [0.4, 0.5) is 0 Å². The lowest BCUT2D eigenvalue weighted by Crippen LogP contribution is -2.36. The van der Waals surface area contributed by atoms with E-state index in [1.54, 1.807) is 11.9 Å². The Kier molecular flexibility index (Phi) is 6.29. The first kappa shape index (κ1) is 16.5. The van der Waals surface area contributed by atoms with Gasteiger partial charge in [0.1, 0.15) is 5.75 Å². The summed E-state index contributed by atoms with van der Waals surface area (Å²) in [7, 11) is 1.76. The quantitative estimate of drug-likeness (QED) is 0.836. The summed E-state index contributed by atoms with van der Waals surface area (Å²) in [6.45, 7) is 4.37. The highest BCUT2D eigenvalue weighted by Crippen LogP contribution is 2.34. The average molecular weight is 394 g/mol. The van der Waals surface area contributed by atoms with Crippen molar-refractivity contribution in [1.82, 2.24) is 4.90 Å². The zero-order chi connectivity index (χ0) is 14.6.